The van der Waals surface area contributed by atoms with Crippen LogP contribution >= 0.6 is 0 Å². The minimum atomic E-state index is -0.0936. The molecular weight excluding hydrogens is 328 g/mol. The van der Waals surface area contributed by atoms with Crippen LogP contribution in [0.25, 0.3) is 0 Å². The van der Waals surface area contributed by atoms with Crippen molar-refractivity contribution in [2.75, 3.05) is 6.61 Å². The molecule has 0 rings (SSSR count). The zero-order valence-corrected chi connectivity index (χ0v) is 18.2. The predicted molar refractivity (Wildman–Crippen MR) is 120 cm³/mol. The molecule has 0 aromatic rings. The highest BCUT2D eigenvalue weighted by Gasteiger charge is 1.94. The minimum absolute atomic E-state index is 0.0936. The van der Waals surface area contributed by atoms with Crippen molar-refractivity contribution >= 4 is 0 Å². The molecule has 0 aliphatic rings. The first-order valence-corrected chi connectivity index (χ1v) is 11.5. The lowest BCUT2D eigenvalue weighted by molar-refractivity contribution is 0.350. The molecule has 0 amide bonds. The third-order valence-corrected chi connectivity index (χ3v) is 4.81. The van der Waals surface area contributed by atoms with Crippen LogP contribution in [0.3, 0.4) is 0 Å². The summed E-state index contributed by atoms with van der Waals surface area (Å²) in [5.41, 5.74) is 0. The second-order valence-corrected chi connectivity index (χ2v) is 7.99. The number of unbranched alkanes of at least 4 members (excludes halogenated alkanes) is 13. The van der Waals surface area contributed by atoms with Crippen LogP contribution in [0.4, 0.5) is 0 Å². The lowest BCUT2D eigenvalue weighted by Gasteiger charge is -2.03. The van der Waals surface area contributed by atoms with Gasteiger partial charge in [-0.25, -0.2) is 0 Å². The van der Waals surface area contributed by atoms with Gasteiger partial charge in [0.25, 0.3) is 0 Å². The average Bonchev–Trinajstić information content (AvgIpc) is 2.65. The van der Waals surface area contributed by atoms with Crippen LogP contribution in [-0.4, -0.2) is 11.7 Å². The molecule has 0 aliphatic carbocycles. The number of hydrogen-bond acceptors (Lipinski definition) is 1. The fourth-order valence-corrected chi connectivity index (χ4v) is 3.13. The Balaban J connectivity index is 3.16. The smallest absolute Gasteiger partial charge is 0.105 e. The summed E-state index contributed by atoms with van der Waals surface area (Å²) in [6, 6.07) is 0. The van der Waals surface area contributed by atoms with E-state index in [4.69, 9.17) is 5.11 Å². The summed E-state index contributed by atoms with van der Waals surface area (Å²) >= 11 is 0. The summed E-state index contributed by atoms with van der Waals surface area (Å²) in [6.07, 6.45) is 26.0. The van der Waals surface area contributed by atoms with Crippen molar-refractivity contribution in [3.63, 3.8) is 0 Å². The molecule has 0 saturated carbocycles. The van der Waals surface area contributed by atoms with Gasteiger partial charge in [-0.05, 0) is 49.9 Å². The van der Waals surface area contributed by atoms with E-state index in [1.54, 1.807) is 0 Å². The first-order valence-electron chi connectivity index (χ1n) is 11.5. The van der Waals surface area contributed by atoms with E-state index in [1.165, 1.54) is 96.3 Å². The molecule has 0 unspecified atom stereocenters. The lowest BCUT2D eigenvalue weighted by Crippen LogP contribution is -1.86. The van der Waals surface area contributed by atoms with E-state index in [0.29, 0.717) is 0 Å². The van der Waals surface area contributed by atoms with Crippen LogP contribution in [0.2, 0.25) is 0 Å². The zero-order valence-electron chi connectivity index (χ0n) is 18.2. The molecule has 154 valence electrons. The number of aliphatic hydroxyl groups is 1. The molecule has 1 N–H and O–H groups in total. The molecule has 0 fully saturated rings. The molecule has 0 heterocycles. The minimum Gasteiger partial charge on any atom is -0.384 e. The van der Waals surface area contributed by atoms with E-state index in [0.717, 1.165) is 12.3 Å². The Hall–Kier alpha value is -1.18. The van der Waals surface area contributed by atoms with E-state index >= 15 is 0 Å². The van der Waals surface area contributed by atoms with E-state index in [9.17, 15) is 0 Å². The van der Waals surface area contributed by atoms with Gasteiger partial charge in [0.05, 0.1) is 0 Å². The van der Waals surface area contributed by atoms with Gasteiger partial charge >= 0.3 is 0 Å². The maximum absolute atomic E-state index is 8.49. The lowest BCUT2D eigenvalue weighted by atomic mass is 10.0. The van der Waals surface area contributed by atoms with E-state index in [1.807, 2.05) is 0 Å². The normalized spacial score (nSPS) is 10.7. The van der Waals surface area contributed by atoms with Crippen molar-refractivity contribution in [2.45, 2.75) is 117 Å². The monoisotopic (exact) mass is 372 g/mol. The predicted octanol–water partition coefficient (Wildman–Crippen LogP) is 7.44. The van der Waals surface area contributed by atoms with Gasteiger partial charge < -0.3 is 5.11 Å². The number of allylic oxidation sites excluding steroid dienone is 2. The van der Waals surface area contributed by atoms with Crippen molar-refractivity contribution in [3.05, 3.63) is 12.2 Å². The SMILES string of the molecule is CC(C)CCCCCCC=CCCCCCCCCCCC#CC#CCO. The molecule has 0 radical (unpaired) electrons. The van der Waals surface area contributed by atoms with Crippen LogP contribution in [0, 0.1) is 29.6 Å². The summed E-state index contributed by atoms with van der Waals surface area (Å²) < 4.78 is 0. The molecule has 1 heteroatoms. The van der Waals surface area contributed by atoms with Gasteiger partial charge in [-0.2, -0.15) is 0 Å². The summed E-state index contributed by atoms with van der Waals surface area (Å²) in [6.45, 7) is 4.55. The molecule has 0 atom stereocenters. The van der Waals surface area contributed by atoms with Crippen LogP contribution in [0.15, 0.2) is 12.2 Å². The van der Waals surface area contributed by atoms with Crippen molar-refractivity contribution in [3.8, 4) is 23.7 Å². The van der Waals surface area contributed by atoms with Crippen molar-refractivity contribution in [2.24, 2.45) is 5.92 Å². The molecule has 0 bridgehead atoms. The third kappa shape index (κ3) is 24.8. The summed E-state index contributed by atoms with van der Waals surface area (Å²) in [7, 11) is 0. The second kappa shape index (κ2) is 22.9. The summed E-state index contributed by atoms with van der Waals surface area (Å²) in [4.78, 5) is 0. The van der Waals surface area contributed by atoms with E-state index < -0.39 is 0 Å². The Morgan fingerprint density at radius 3 is 1.67 bits per heavy atom. The Labute approximate surface area is 170 Å². The van der Waals surface area contributed by atoms with Crippen molar-refractivity contribution in [1.29, 1.82) is 0 Å². The van der Waals surface area contributed by atoms with E-state index in [2.05, 4.69) is 49.7 Å². The molecular formula is C26H44O. The van der Waals surface area contributed by atoms with Crippen LogP contribution in [-0.2, 0) is 0 Å². The van der Waals surface area contributed by atoms with Crippen molar-refractivity contribution < 1.29 is 5.11 Å². The maximum atomic E-state index is 8.49. The molecule has 0 spiro atoms. The van der Waals surface area contributed by atoms with Gasteiger partial charge in [0.1, 0.15) is 6.61 Å². The number of hydrogen-bond donors (Lipinski definition) is 1. The first kappa shape index (κ1) is 25.8. The second-order valence-electron chi connectivity index (χ2n) is 7.99. The quantitative estimate of drug-likeness (QED) is 0.160. The third-order valence-electron chi connectivity index (χ3n) is 4.81. The number of rotatable bonds is 17. The Kier molecular flexibility index (Phi) is 21.9. The molecule has 27 heavy (non-hydrogen) atoms. The molecule has 0 saturated heterocycles. The van der Waals surface area contributed by atoms with Crippen LogP contribution < -0.4 is 0 Å². The molecule has 0 aromatic carbocycles. The molecule has 1 nitrogen and oxygen atoms in total. The van der Waals surface area contributed by atoms with Crippen LogP contribution in [0.5, 0.6) is 0 Å². The maximum Gasteiger partial charge on any atom is 0.105 e. The first-order chi connectivity index (χ1) is 13.3. The van der Waals surface area contributed by atoms with Gasteiger partial charge in [0.2, 0.25) is 0 Å². The van der Waals surface area contributed by atoms with Crippen molar-refractivity contribution in [1.82, 2.24) is 0 Å². The van der Waals surface area contributed by atoms with E-state index in [-0.39, 0.29) is 6.61 Å². The van der Waals surface area contributed by atoms with Gasteiger partial charge in [-0.15, -0.1) is 0 Å². The standard InChI is InChI=1S/C26H44O/c1-26(2)24-22-20-18-16-14-12-10-8-6-4-3-5-7-9-11-13-15-17-19-21-23-25-27/h10,12,26-27H,3-9,11,13-16,18,20,22,24-25H2,1-2H3. The summed E-state index contributed by atoms with van der Waals surface area (Å²) in [5.74, 6) is 11.8. The molecule has 0 aliphatic heterocycles. The summed E-state index contributed by atoms with van der Waals surface area (Å²) in [5, 5.41) is 8.49. The number of aliphatic hydroxyl groups excluding tert-OH is 1. The fourth-order valence-electron chi connectivity index (χ4n) is 3.13. The average molecular weight is 373 g/mol. The molecule has 0 aromatic heterocycles. The van der Waals surface area contributed by atoms with Crippen LogP contribution in [0.1, 0.15) is 117 Å². The van der Waals surface area contributed by atoms with Gasteiger partial charge in [0, 0.05) is 6.42 Å². The Morgan fingerprint density at radius 1 is 0.630 bits per heavy atom. The topological polar surface area (TPSA) is 20.2 Å². The largest absolute Gasteiger partial charge is 0.384 e. The highest BCUT2D eigenvalue weighted by Crippen LogP contribution is 2.12. The Bertz CT molecular complexity index is 438. The Morgan fingerprint density at radius 2 is 1.11 bits per heavy atom. The zero-order chi connectivity index (χ0) is 19.8. The highest BCUT2D eigenvalue weighted by atomic mass is 16.2. The highest BCUT2D eigenvalue weighted by molar-refractivity contribution is 5.25. The van der Waals surface area contributed by atoms with Gasteiger partial charge in [-0.1, -0.05) is 102 Å². The fraction of sp³-hybridized carbons (Fsp3) is 0.769. The van der Waals surface area contributed by atoms with Gasteiger partial charge in [0.15, 0.2) is 0 Å². The van der Waals surface area contributed by atoms with Gasteiger partial charge in [-0.3, -0.25) is 0 Å².